The monoisotopic (exact) mass is 826 g/mol. The fraction of sp³-hybridized carbons (Fsp3) is 0.830. The maximum atomic E-state index is 12.6. The van der Waals surface area contributed by atoms with E-state index in [1.807, 2.05) is 0 Å². The van der Waals surface area contributed by atoms with Gasteiger partial charge in [-0.05, 0) is 44.9 Å². The van der Waals surface area contributed by atoms with E-state index in [0.29, 0.717) is 12.8 Å². The Morgan fingerprint density at radius 2 is 0.930 bits per heavy atom. The van der Waals surface area contributed by atoms with Crippen molar-refractivity contribution in [2.24, 2.45) is 5.73 Å². The lowest BCUT2D eigenvalue weighted by Gasteiger charge is -2.19. The van der Waals surface area contributed by atoms with Crippen molar-refractivity contribution in [3.63, 3.8) is 0 Å². The molecule has 0 saturated carbocycles. The number of carbonyl (C=O) groups excluding carboxylic acids is 2. The summed E-state index contributed by atoms with van der Waals surface area (Å²) in [6.45, 7) is 3.70. The molecule has 1 unspecified atom stereocenters. The van der Waals surface area contributed by atoms with E-state index in [1.165, 1.54) is 141 Å². The quantitative estimate of drug-likeness (QED) is 0.0266. The third kappa shape index (κ3) is 43.6. The Hall–Kier alpha value is -1.77. The molecule has 334 valence electrons. The third-order valence-corrected chi connectivity index (χ3v) is 11.0. The van der Waals surface area contributed by atoms with Crippen LogP contribution in [-0.2, 0) is 32.7 Å². The minimum absolute atomic E-state index is 0.0479. The van der Waals surface area contributed by atoms with Crippen LogP contribution in [0.25, 0.3) is 0 Å². The molecule has 0 heterocycles. The largest absolute Gasteiger partial charge is 0.472 e. The molecule has 0 radical (unpaired) electrons. The average molecular weight is 826 g/mol. The molecule has 0 spiro atoms. The second kappa shape index (κ2) is 43.8. The molecule has 0 aromatic heterocycles. The summed E-state index contributed by atoms with van der Waals surface area (Å²) in [7, 11) is -4.39. The van der Waals surface area contributed by atoms with E-state index >= 15 is 0 Å². The van der Waals surface area contributed by atoms with E-state index in [2.05, 4.69) is 50.3 Å². The zero-order valence-electron chi connectivity index (χ0n) is 36.8. The van der Waals surface area contributed by atoms with E-state index < -0.39 is 32.5 Å². The van der Waals surface area contributed by atoms with E-state index in [1.54, 1.807) is 0 Å². The highest BCUT2D eigenvalue weighted by atomic mass is 31.2. The molecule has 0 aromatic rings. The molecule has 10 heteroatoms. The number of rotatable bonds is 44. The van der Waals surface area contributed by atoms with Crippen LogP contribution >= 0.6 is 7.82 Å². The van der Waals surface area contributed by atoms with Gasteiger partial charge < -0.3 is 20.1 Å². The molecule has 0 fully saturated rings. The van der Waals surface area contributed by atoms with E-state index in [0.717, 1.165) is 38.5 Å². The van der Waals surface area contributed by atoms with Crippen molar-refractivity contribution in [1.29, 1.82) is 0 Å². The summed E-state index contributed by atoms with van der Waals surface area (Å²) < 4.78 is 32.8. The van der Waals surface area contributed by atoms with Crippen molar-refractivity contribution in [2.45, 2.75) is 225 Å². The lowest BCUT2D eigenvalue weighted by Crippen LogP contribution is -2.29. The maximum absolute atomic E-state index is 12.6. The van der Waals surface area contributed by atoms with Gasteiger partial charge in [0.1, 0.15) is 6.61 Å². The highest BCUT2D eigenvalue weighted by Gasteiger charge is 2.26. The number of phosphoric ester groups is 1. The molecule has 0 aliphatic carbocycles. The lowest BCUT2D eigenvalue weighted by molar-refractivity contribution is -0.161. The number of nitrogens with two attached hydrogens (primary N) is 1. The van der Waals surface area contributed by atoms with Gasteiger partial charge in [0, 0.05) is 19.4 Å². The Kier molecular flexibility index (Phi) is 42.4. The molecule has 57 heavy (non-hydrogen) atoms. The Bertz CT molecular complexity index is 1030. The molecule has 9 nitrogen and oxygen atoms in total. The van der Waals surface area contributed by atoms with Crippen LogP contribution in [0.3, 0.4) is 0 Å². The van der Waals surface area contributed by atoms with Crippen molar-refractivity contribution in [1.82, 2.24) is 0 Å². The fourth-order valence-electron chi connectivity index (χ4n) is 6.53. The van der Waals surface area contributed by atoms with Crippen molar-refractivity contribution in [2.75, 3.05) is 26.4 Å². The first-order chi connectivity index (χ1) is 27.8. The minimum Gasteiger partial charge on any atom is -0.462 e. The highest BCUT2D eigenvalue weighted by molar-refractivity contribution is 7.47. The maximum Gasteiger partial charge on any atom is 0.472 e. The lowest BCUT2D eigenvalue weighted by atomic mass is 10.0. The summed E-state index contributed by atoms with van der Waals surface area (Å²) >= 11 is 0. The summed E-state index contributed by atoms with van der Waals surface area (Å²) in [5, 5.41) is 0. The van der Waals surface area contributed by atoms with Gasteiger partial charge in [-0.15, -0.1) is 0 Å². The standard InChI is InChI=1S/C47H88NO8P/c1-3-5-7-9-11-13-15-17-19-21-22-24-26-28-30-32-34-36-38-40-47(50)56-45(44-55-57(51,52)54-42-41-48)43-53-46(49)39-37-35-33-31-29-27-25-23-20-18-16-14-12-10-8-6-4-2/h18,20,25,27,31,33,45H,3-17,19,21-24,26,28-30,32,34-44,48H2,1-2H3,(H,51,52)/b20-18+,27-25+,33-31+/t45-/m1/s1. The molecule has 0 aliphatic rings. The molecular formula is C47H88NO8P. The molecule has 0 amide bonds. The predicted molar refractivity (Wildman–Crippen MR) is 238 cm³/mol. The van der Waals surface area contributed by atoms with Crippen LogP contribution in [-0.4, -0.2) is 49.3 Å². The smallest absolute Gasteiger partial charge is 0.462 e. The van der Waals surface area contributed by atoms with Crippen LogP contribution in [0, 0.1) is 0 Å². The molecule has 0 rings (SSSR count). The molecule has 0 bridgehead atoms. The number of carbonyl (C=O) groups is 2. The predicted octanol–water partition coefficient (Wildman–Crippen LogP) is 13.7. The van der Waals surface area contributed by atoms with Gasteiger partial charge in [-0.25, -0.2) is 4.57 Å². The zero-order chi connectivity index (χ0) is 41.8. The minimum atomic E-state index is -4.39. The Morgan fingerprint density at radius 3 is 1.40 bits per heavy atom. The summed E-state index contributed by atoms with van der Waals surface area (Å²) in [6.07, 6.45) is 49.0. The van der Waals surface area contributed by atoms with Crippen LogP contribution in [0.15, 0.2) is 36.5 Å². The van der Waals surface area contributed by atoms with Crippen LogP contribution < -0.4 is 5.73 Å². The Labute approximate surface area is 350 Å². The van der Waals surface area contributed by atoms with Gasteiger partial charge in [0.2, 0.25) is 0 Å². The van der Waals surface area contributed by atoms with Crippen LogP contribution in [0.5, 0.6) is 0 Å². The van der Waals surface area contributed by atoms with Gasteiger partial charge in [-0.3, -0.25) is 18.6 Å². The topological polar surface area (TPSA) is 134 Å². The van der Waals surface area contributed by atoms with Crippen molar-refractivity contribution in [3.8, 4) is 0 Å². The third-order valence-electron chi connectivity index (χ3n) is 10.0. The number of allylic oxidation sites excluding steroid dienone is 6. The van der Waals surface area contributed by atoms with Gasteiger partial charge in [-0.2, -0.15) is 0 Å². The van der Waals surface area contributed by atoms with Crippen molar-refractivity contribution >= 4 is 19.8 Å². The number of hydrogen-bond acceptors (Lipinski definition) is 8. The second-order valence-corrected chi connectivity index (χ2v) is 17.1. The Balaban J connectivity index is 4.15. The first-order valence-electron chi connectivity index (χ1n) is 23.5. The van der Waals surface area contributed by atoms with E-state index in [-0.39, 0.29) is 32.6 Å². The Morgan fingerprint density at radius 1 is 0.526 bits per heavy atom. The number of hydrogen-bond donors (Lipinski definition) is 2. The van der Waals surface area contributed by atoms with Crippen LogP contribution in [0.1, 0.15) is 219 Å². The summed E-state index contributed by atoms with van der Waals surface area (Å²) in [6, 6.07) is 0. The molecule has 0 saturated heterocycles. The van der Waals surface area contributed by atoms with Gasteiger partial charge in [0.25, 0.3) is 0 Å². The van der Waals surface area contributed by atoms with E-state index in [9.17, 15) is 19.0 Å². The van der Waals surface area contributed by atoms with Crippen molar-refractivity contribution < 1.29 is 37.6 Å². The highest BCUT2D eigenvalue weighted by Crippen LogP contribution is 2.43. The number of ether oxygens (including phenoxy) is 2. The number of esters is 2. The molecule has 3 N–H and O–H groups in total. The number of unbranched alkanes of at least 4 members (excludes halogenated alkanes) is 25. The summed E-state index contributed by atoms with van der Waals surface area (Å²) in [4.78, 5) is 34.9. The van der Waals surface area contributed by atoms with Gasteiger partial charge in [0.15, 0.2) is 6.10 Å². The first kappa shape index (κ1) is 55.2. The SMILES string of the molecule is CCCCCCCC/C=C/C/C=C/C/C=C/CCCC(=O)OC[C@H](COP(=O)(O)OCCN)OC(=O)CCCCCCCCCCCCCCCCCCCCC. The van der Waals surface area contributed by atoms with Gasteiger partial charge >= 0.3 is 19.8 Å². The fourth-order valence-corrected chi connectivity index (χ4v) is 7.30. The molecular weight excluding hydrogens is 737 g/mol. The first-order valence-corrected chi connectivity index (χ1v) is 25.0. The normalized spacial score (nSPS) is 13.5. The summed E-state index contributed by atoms with van der Waals surface area (Å²) in [5.74, 6) is -0.881. The van der Waals surface area contributed by atoms with Gasteiger partial charge in [-0.1, -0.05) is 198 Å². The van der Waals surface area contributed by atoms with Crippen molar-refractivity contribution in [3.05, 3.63) is 36.5 Å². The molecule has 2 atom stereocenters. The van der Waals surface area contributed by atoms with Crippen LogP contribution in [0.2, 0.25) is 0 Å². The number of phosphoric acid groups is 1. The second-order valence-electron chi connectivity index (χ2n) is 15.6. The zero-order valence-corrected chi connectivity index (χ0v) is 37.7. The van der Waals surface area contributed by atoms with Crippen LogP contribution in [0.4, 0.5) is 0 Å². The van der Waals surface area contributed by atoms with E-state index in [4.69, 9.17) is 24.3 Å². The van der Waals surface area contributed by atoms with Gasteiger partial charge in [0.05, 0.1) is 13.2 Å². The average Bonchev–Trinajstić information content (AvgIpc) is 3.20. The molecule has 0 aromatic carbocycles. The summed E-state index contributed by atoms with van der Waals surface area (Å²) in [5.41, 5.74) is 5.35. The molecule has 0 aliphatic heterocycles.